The lowest BCUT2D eigenvalue weighted by Gasteiger charge is -2.20. The van der Waals surface area contributed by atoms with Crippen molar-refractivity contribution in [3.8, 4) is 0 Å². The second-order valence-electron chi connectivity index (χ2n) is 5.63. The van der Waals surface area contributed by atoms with E-state index in [4.69, 9.17) is 0 Å². The Morgan fingerprint density at radius 3 is 2.52 bits per heavy atom. The first-order valence-electron chi connectivity index (χ1n) is 7.38. The average Bonchev–Trinajstić information content (AvgIpc) is 2.76. The van der Waals surface area contributed by atoms with Gasteiger partial charge in [0.1, 0.15) is 0 Å². The van der Waals surface area contributed by atoms with Gasteiger partial charge in [-0.3, -0.25) is 9.59 Å². The number of ketones is 1. The number of fused-ring (bicyclic) bond motifs is 1. The van der Waals surface area contributed by atoms with Gasteiger partial charge < -0.3 is 10.0 Å². The number of allylic oxidation sites excluding steroid dienone is 1. The maximum absolute atomic E-state index is 12.4. The summed E-state index contributed by atoms with van der Waals surface area (Å²) >= 11 is 0. The molecule has 0 saturated heterocycles. The molecule has 0 saturated carbocycles. The number of hydrogen-bond acceptors (Lipinski definition) is 3. The number of rotatable bonds is 4. The van der Waals surface area contributed by atoms with E-state index in [1.54, 1.807) is 37.4 Å². The van der Waals surface area contributed by atoms with Gasteiger partial charge in [0, 0.05) is 12.6 Å². The number of nitrogens with zero attached hydrogens (tertiary/aromatic N) is 1. The summed E-state index contributed by atoms with van der Waals surface area (Å²) in [6.45, 7) is 0. The van der Waals surface area contributed by atoms with Crippen LogP contribution in [0.1, 0.15) is 17.5 Å². The lowest BCUT2D eigenvalue weighted by molar-refractivity contribution is -0.140. The Morgan fingerprint density at radius 2 is 1.78 bits per heavy atom. The van der Waals surface area contributed by atoms with Gasteiger partial charge in [-0.15, -0.1) is 0 Å². The predicted molar refractivity (Wildman–Crippen MR) is 88.8 cm³/mol. The van der Waals surface area contributed by atoms with Crippen molar-refractivity contribution >= 4 is 23.5 Å². The Hall–Kier alpha value is -2.72. The van der Waals surface area contributed by atoms with Crippen LogP contribution in [0.4, 0.5) is 5.69 Å². The van der Waals surface area contributed by atoms with Crippen molar-refractivity contribution in [2.45, 2.75) is 12.0 Å². The van der Waals surface area contributed by atoms with E-state index in [-0.39, 0.29) is 12.2 Å². The quantitative estimate of drug-likeness (QED) is 0.883. The molecule has 0 aromatic heterocycles. The van der Waals surface area contributed by atoms with Gasteiger partial charge in [-0.25, -0.2) is 0 Å². The van der Waals surface area contributed by atoms with Crippen LogP contribution >= 0.6 is 0 Å². The zero-order valence-corrected chi connectivity index (χ0v) is 12.8. The lowest BCUT2D eigenvalue weighted by atomic mass is 9.90. The van der Waals surface area contributed by atoms with E-state index < -0.39 is 11.5 Å². The van der Waals surface area contributed by atoms with Crippen LogP contribution in [0.2, 0.25) is 0 Å². The summed E-state index contributed by atoms with van der Waals surface area (Å²) in [6.07, 6.45) is 2.82. The number of aliphatic hydroxyl groups is 1. The van der Waals surface area contributed by atoms with E-state index in [2.05, 4.69) is 0 Å². The van der Waals surface area contributed by atoms with Gasteiger partial charge in [-0.2, -0.15) is 0 Å². The van der Waals surface area contributed by atoms with Crippen molar-refractivity contribution in [1.29, 1.82) is 0 Å². The number of carbonyl (C=O) groups is 2. The highest BCUT2D eigenvalue weighted by Gasteiger charge is 2.49. The summed E-state index contributed by atoms with van der Waals surface area (Å²) in [7, 11) is 1.60. The second-order valence-corrected chi connectivity index (χ2v) is 5.63. The van der Waals surface area contributed by atoms with Crippen LogP contribution in [0.5, 0.6) is 0 Å². The zero-order chi connectivity index (χ0) is 16.4. The van der Waals surface area contributed by atoms with Crippen molar-refractivity contribution in [1.82, 2.24) is 0 Å². The highest BCUT2D eigenvalue weighted by molar-refractivity contribution is 6.09. The molecule has 1 aliphatic heterocycles. The van der Waals surface area contributed by atoms with Gasteiger partial charge >= 0.3 is 0 Å². The minimum absolute atomic E-state index is 0.267. The number of amides is 1. The van der Waals surface area contributed by atoms with E-state index in [0.29, 0.717) is 11.3 Å². The summed E-state index contributed by atoms with van der Waals surface area (Å²) in [5.41, 5.74) is 0.223. The monoisotopic (exact) mass is 307 g/mol. The van der Waals surface area contributed by atoms with Crippen molar-refractivity contribution in [3.63, 3.8) is 0 Å². The van der Waals surface area contributed by atoms with E-state index in [1.165, 1.54) is 11.0 Å². The Labute approximate surface area is 134 Å². The standard InChI is InChI=1S/C19H17NO3/c1-20-17-10-6-5-9-16(17)19(23,18(20)22)13-15(21)12-11-14-7-3-2-4-8-14/h2-12,23H,13H2,1H3/b12-11-. The van der Waals surface area contributed by atoms with Crippen molar-refractivity contribution in [2.24, 2.45) is 0 Å². The normalized spacial score (nSPS) is 20.1. The average molecular weight is 307 g/mol. The molecular formula is C19H17NO3. The minimum Gasteiger partial charge on any atom is -0.375 e. The van der Waals surface area contributed by atoms with E-state index in [9.17, 15) is 14.7 Å². The summed E-state index contributed by atoms with van der Waals surface area (Å²) < 4.78 is 0. The fraction of sp³-hybridized carbons (Fsp3) is 0.158. The van der Waals surface area contributed by atoms with Crippen molar-refractivity contribution < 1.29 is 14.7 Å². The molecule has 4 heteroatoms. The molecule has 1 N–H and O–H groups in total. The fourth-order valence-corrected chi connectivity index (χ4v) is 2.85. The van der Waals surface area contributed by atoms with Gasteiger partial charge in [0.25, 0.3) is 5.91 Å². The molecule has 23 heavy (non-hydrogen) atoms. The highest BCUT2D eigenvalue weighted by atomic mass is 16.3. The van der Waals surface area contributed by atoms with Crippen LogP contribution in [0.25, 0.3) is 6.08 Å². The van der Waals surface area contributed by atoms with Crippen LogP contribution in [0, 0.1) is 0 Å². The Balaban J connectivity index is 1.83. The number of carbonyl (C=O) groups excluding carboxylic acids is 2. The van der Waals surface area contributed by atoms with Crippen LogP contribution in [-0.2, 0) is 15.2 Å². The largest absolute Gasteiger partial charge is 0.375 e. The maximum Gasteiger partial charge on any atom is 0.263 e. The molecule has 0 spiro atoms. The molecule has 2 aromatic rings. The first kappa shape index (κ1) is 15.2. The molecule has 1 unspecified atom stereocenters. The van der Waals surface area contributed by atoms with Gasteiger partial charge in [-0.05, 0) is 17.7 Å². The zero-order valence-electron chi connectivity index (χ0n) is 12.8. The molecule has 0 aliphatic carbocycles. The first-order chi connectivity index (χ1) is 11.0. The molecule has 1 amide bonds. The third kappa shape index (κ3) is 2.69. The minimum atomic E-state index is -1.79. The van der Waals surface area contributed by atoms with Gasteiger partial charge in [0.2, 0.25) is 0 Å². The summed E-state index contributed by atoms with van der Waals surface area (Å²) in [5, 5.41) is 10.8. The predicted octanol–water partition coefficient (Wildman–Crippen LogP) is 2.52. The fourth-order valence-electron chi connectivity index (χ4n) is 2.85. The van der Waals surface area contributed by atoms with Crippen molar-refractivity contribution in [2.75, 3.05) is 11.9 Å². The van der Waals surface area contributed by atoms with Gasteiger partial charge in [0.05, 0.1) is 12.1 Å². The van der Waals surface area contributed by atoms with E-state index >= 15 is 0 Å². The number of likely N-dealkylation sites (N-methyl/N-ethyl adjacent to an activating group) is 1. The first-order valence-corrected chi connectivity index (χ1v) is 7.38. The Morgan fingerprint density at radius 1 is 1.13 bits per heavy atom. The molecule has 0 bridgehead atoms. The highest BCUT2D eigenvalue weighted by Crippen LogP contribution is 2.41. The van der Waals surface area contributed by atoms with Gasteiger partial charge in [0.15, 0.2) is 11.4 Å². The number of para-hydroxylation sites is 1. The van der Waals surface area contributed by atoms with Gasteiger partial charge in [-0.1, -0.05) is 54.6 Å². The molecule has 1 heterocycles. The number of hydrogen-bond donors (Lipinski definition) is 1. The Kier molecular flexibility index (Phi) is 3.84. The Bertz CT molecular complexity index is 782. The van der Waals surface area contributed by atoms with E-state index in [1.807, 2.05) is 30.3 Å². The number of anilines is 1. The molecule has 4 nitrogen and oxygen atoms in total. The number of benzene rings is 2. The molecule has 0 fully saturated rings. The molecule has 0 radical (unpaired) electrons. The summed E-state index contributed by atoms with van der Waals surface area (Å²) in [5.74, 6) is -0.769. The van der Waals surface area contributed by atoms with Crippen molar-refractivity contribution in [3.05, 3.63) is 71.8 Å². The van der Waals surface area contributed by atoms with Crippen LogP contribution in [0.3, 0.4) is 0 Å². The molecule has 1 aliphatic rings. The van der Waals surface area contributed by atoms with Crippen LogP contribution in [-0.4, -0.2) is 23.8 Å². The molecular weight excluding hydrogens is 290 g/mol. The maximum atomic E-state index is 12.4. The third-order valence-electron chi connectivity index (χ3n) is 4.06. The topological polar surface area (TPSA) is 57.6 Å². The molecule has 116 valence electrons. The summed E-state index contributed by atoms with van der Waals surface area (Å²) in [6, 6.07) is 16.4. The van der Waals surface area contributed by atoms with Crippen LogP contribution < -0.4 is 4.90 Å². The lowest BCUT2D eigenvalue weighted by Crippen LogP contribution is -2.40. The molecule has 3 rings (SSSR count). The smallest absolute Gasteiger partial charge is 0.263 e. The second kappa shape index (κ2) is 5.82. The SMILES string of the molecule is CN1C(=O)C(O)(CC(=O)/C=C\c2ccccc2)c2ccccc21. The third-order valence-corrected chi connectivity index (χ3v) is 4.06. The summed E-state index contributed by atoms with van der Waals surface area (Å²) in [4.78, 5) is 26.0. The van der Waals surface area contributed by atoms with Crippen LogP contribution in [0.15, 0.2) is 60.7 Å². The molecule has 1 atom stereocenters. The molecule has 2 aromatic carbocycles. The van der Waals surface area contributed by atoms with E-state index in [0.717, 1.165) is 5.56 Å².